The predicted molar refractivity (Wildman–Crippen MR) is 178 cm³/mol. The highest BCUT2D eigenvalue weighted by molar-refractivity contribution is 5.95. The van der Waals surface area contributed by atoms with Crippen LogP contribution < -0.4 is 10.6 Å². The van der Waals surface area contributed by atoms with Crippen LogP contribution in [0.4, 0.5) is 5.69 Å². The zero-order valence-electron chi connectivity index (χ0n) is 27.6. The van der Waals surface area contributed by atoms with Gasteiger partial charge in [0.25, 0.3) is 0 Å². The summed E-state index contributed by atoms with van der Waals surface area (Å²) in [5, 5.41) is 42.4. The number of nitrogens with zero attached hydrogens (tertiary/aromatic N) is 4. The number of aliphatic hydroxyl groups is 1. The monoisotopic (exact) mass is 690 g/mol. The maximum absolute atomic E-state index is 12.8. The number of carboxylic acids is 3. The number of nitrogens with one attached hydrogen (secondary N) is 2. The van der Waals surface area contributed by atoms with Gasteiger partial charge in [0.15, 0.2) is 0 Å². The predicted octanol–water partition coefficient (Wildman–Crippen LogP) is -1.29. The topological polar surface area (TPSA) is 230 Å². The van der Waals surface area contributed by atoms with Gasteiger partial charge in [-0.25, -0.2) is 4.79 Å². The summed E-state index contributed by atoms with van der Waals surface area (Å²) in [5.74, 6) is -4.65. The van der Waals surface area contributed by atoms with Gasteiger partial charge in [-0.1, -0.05) is 18.2 Å². The first kappa shape index (κ1) is 40.5. The molecule has 1 aliphatic rings. The van der Waals surface area contributed by atoms with Crippen molar-refractivity contribution in [2.75, 3.05) is 104 Å². The van der Waals surface area contributed by atoms with Gasteiger partial charge in [0, 0.05) is 58.0 Å². The van der Waals surface area contributed by atoms with E-state index in [1.165, 1.54) is 12.2 Å². The number of aliphatic carboxylic acids is 3. The molecule has 1 aromatic rings. The average molecular weight is 691 g/mol. The smallest absolute Gasteiger partial charge is 0.337 e. The molecule has 1 saturated heterocycles. The summed E-state index contributed by atoms with van der Waals surface area (Å²) >= 11 is 0. The Hall–Kier alpha value is -4.68. The van der Waals surface area contributed by atoms with Crippen molar-refractivity contribution in [1.82, 2.24) is 24.9 Å². The quantitative estimate of drug-likeness (QED) is 0.0674. The van der Waals surface area contributed by atoms with Gasteiger partial charge in [0.2, 0.25) is 11.8 Å². The van der Waals surface area contributed by atoms with E-state index in [1.54, 1.807) is 56.9 Å². The molecule has 1 heterocycles. The van der Waals surface area contributed by atoms with Gasteiger partial charge in [-0.2, -0.15) is 0 Å². The Morgan fingerprint density at radius 1 is 0.714 bits per heavy atom. The lowest BCUT2D eigenvalue weighted by molar-refractivity contribution is -0.140. The minimum Gasteiger partial charge on any atom is -0.480 e. The van der Waals surface area contributed by atoms with Crippen molar-refractivity contribution >= 4 is 47.5 Å². The molecule has 17 nitrogen and oxygen atoms in total. The molecule has 0 radical (unpaired) electrons. The Labute approximate surface area is 284 Å². The molecule has 0 aromatic heterocycles. The molecule has 270 valence electrons. The van der Waals surface area contributed by atoms with Crippen molar-refractivity contribution < 1.29 is 53.9 Å². The highest BCUT2D eigenvalue weighted by Crippen LogP contribution is 2.12. The molecule has 0 spiro atoms. The Kier molecular flexibility index (Phi) is 18.2. The first-order valence-corrected chi connectivity index (χ1v) is 15.8. The number of hydrogen-bond donors (Lipinski definition) is 6. The van der Waals surface area contributed by atoms with Gasteiger partial charge in [-0.3, -0.25) is 43.6 Å². The molecular formula is C32H46N6O11. The highest BCUT2D eigenvalue weighted by Gasteiger charge is 2.21. The largest absolute Gasteiger partial charge is 0.480 e. The summed E-state index contributed by atoms with van der Waals surface area (Å²) in [6.45, 7) is 2.35. The number of esters is 1. The zero-order chi connectivity index (χ0) is 36.2. The second-order valence-electron chi connectivity index (χ2n) is 11.1. The van der Waals surface area contributed by atoms with Crippen LogP contribution in [0.2, 0.25) is 0 Å². The molecule has 1 aliphatic heterocycles. The lowest BCUT2D eigenvalue weighted by Crippen LogP contribution is -2.50. The minimum atomic E-state index is -1.05. The lowest BCUT2D eigenvalue weighted by Gasteiger charge is -2.32. The number of hydrogen-bond acceptors (Lipinski definition) is 12. The van der Waals surface area contributed by atoms with Gasteiger partial charge in [-0.05, 0) is 36.8 Å². The van der Waals surface area contributed by atoms with Gasteiger partial charge in [0.05, 0.1) is 51.5 Å². The standard InChI is InChI=1S/C32H46N6O11/c1-2-49-32(48)25(9-18-39)6-3-24-4-7-26(8-5-24)34-27(40)19-33-28(41)20-35-10-12-36(21-29(42)43)14-16-38(23-31(46)47)17-15-37(13-11-35)22-30(44)45/h3-9,39H,2,10-23H2,1H3,(H,33,41)(H,34,40)(H,42,43)(H,44,45)(H,46,47)/b6-3+,25-9+. The third-order valence-electron chi connectivity index (χ3n) is 7.29. The number of carbonyl (C=O) groups excluding carboxylic acids is 3. The van der Waals surface area contributed by atoms with Crippen LogP contribution in [0.5, 0.6) is 0 Å². The maximum Gasteiger partial charge on any atom is 0.337 e. The molecule has 17 heteroatoms. The van der Waals surface area contributed by atoms with Gasteiger partial charge in [0.1, 0.15) is 0 Å². The molecule has 0 saturated carbocycles. The Morgan fingerprint density at radius 2 is 1.16 bits per heavy atom. The van der Waals surface area contributed by atoms with Crippen molar-refractivity contribution in [2.45, 2.75) is 6.92 Å². The van der Waals surface area contributed by atoms with E-state index in [2.05, 4.69) is 10.6 Å². The summed E-state index contributed by atoms with van der Waals surface area (Å²) in [6, 6.07) is 6.69. The number of aliphatic hydroxyl groups excluding tert-OH is 1. The number of amides is 2. The molecule has 0 atom stereocenters. The summed E-state index contributed by atoms with van der Waals surface area (Å²) in [7, 11) is 0. The average Bonchev–Trinajstić information content (AvgIpc) is 3.03. The van der Waals surface area contributed by atoms with E-state index in [9.17, 15) is 44.1 Å². The fraction of sp³-hybridized carbons (Fsp3) is 0.500. The molecule has 0 unspecified atom stereocenters. The normalized spacial score (nSPS) is 16.3. The molecule has 2 rings (SSSR count). The third kappa shape index (κ3) is 17.3. The number of rotatable bonds is 16. The molecular weight excluding hydrogens is 644 g/mol. The highest BCUT2D eigenvalue weighted by atomic mass is 16.5. The Morgan fingerprint density at radius 3 is 1.57 bits per heavy atom. The van der Waals surface area contributed by atoms with E-state index >= 15 is 0 Å². The van der Waals surface area contributed by atoms with Crippen LogP contribution in [0.15, 0.2) is 42.0 Å². The van der Waals surface area contributed by atoms with E-state index in [-0.39, 0.29) is 104 Å². The van der Waals surface area contributed by atoms with Crippen LogP contribution in [-0.4, -0.2) is 174 Å². The molecule has 1 fully saturated rings. The molecule has 0 aliphatic carbocycles. The van der Waals surface area contributed by atoms with Crippen LogP contribution >= 0.6 is 0 Å². The molecule has 0 bridgehead atoms. The van der Waals surface area contributed by atoms with Crippen LogP contribution in [0.25, 0.3) is 6.08 Å². The fourth-order valence-corrected chi connectivity index (χ4v) is 4.82. The van der Waals surface area contributed by atoms with E-state index in [1.807, 2.05) is 0 Å². The zero-order valence-corrected chi connectivity index (χ0v) is 27.6. The summed E-state index contributed by atoms with van der Waals surface area (Å²) < 4.78 is 4.96. The van der Waals surface area contributed by atoms with E-state index < -0.39 is 35.7 Å². The first-order chi connectivity index (χ1) is 23.4. The number of benzene rings is 1. The van der Waals surface area contributed by atoms with Crippen molar-refractivity contribution in [2.24, 2.45) is 0 Å². The second-order valence-corrected chi connectivity index (χ2v) is 11.1. The third-order valence-corrected chi connectivity index (χ3v) is 7.29. The Balaban J connectivity index is 1.98. The summed E-state index contributed by atoms with van der Waals surface area (Å²) in [5.41, 5.74) is 1.38. The first-order valence-electron chi connectivity index (χ1n) is 15.8. The van der Waals surface area contributed by atoms with Gasteiger partial charge >= 0.3 is 23.9 Å². The van der Waals surface area contributed by atoms with Crippen LogP contribution in [0.3, 0.4) is 0 Å². The van der Waals surface area contributed by atoms with Crippen molar-refractivity contribution in [3.05, 3.63) is 47.6 Å². The number of carboxylic acid groups (broad SMARTS) is 3. The molecule has 1 aromatic carbocycles. The Bertz CT molecular complexity index is 1300. The van der Waals surface area contributed by atoms with Gasteiger partial charge < -0.3 is 35.8 Å². The number of anilines is 1. The van der Waals surface area contributed by atoms with E-state index in [0.717, 1.165) is 0 Å². The molecule has 49 heavy (non-hydrogen) atoms. The lowest BCUT2D eigenvalue weighted by atomic mass is 10.1. The number of carbonyl (C=O) groups is 6. The van der Waals surface area contributed by atoms with Crippen LogP contribution in [0.1, 0.15) is 12.5 Å². The fourth-order valence-electron chi connectivity index (χ4n) is 4.82. The van der Waals surface area contributed by atoms with Crippen molar-refractivity contribution in [1.29, 1.82) is 0 Å². The maximum atomic E-state index is 12.8. The summed E-state index contributed by atoms with van der Waals surface area (Å²) in [6.07, 6.45) is 4.49. The SMILES string of the molecule is CCOC(=O)C(/C=C/c1ccc(NC(=O)CNC(=O)CN2CCN(CC(=O)O)CCN(CC(=O)O)CCN(CC(=O)O)CC2)cc1)=C/CO. The number of ether oxygens (including phenoxy) is 1. The van der Waals surface area contributed by atoms with Gasteiger partial charge in [-0.15, -0.1) is 0 Å². The molecule has 6 N–H and O–H groups in total. The van der Waals surface area contributed by atoms with Crippen molar-refractivity contribution in [3.8, 4) is 0 Å². The van der Waals surface area contributed by atoms with Crippen LogP contribution in [-0.2, 0) is 33.5 Å². The van der Waals surface area contributed by atoms with Crippen molar-refractivity contribution in [3.63, 3.8) is 0 Å². The second kappa shape index (κ2) is 22.0. The van der Waals surface area contributed by atoms with E-state index in [4.69, 9.17) is 9.84 Å². The summed E-state index contributed by atoms with van der Waals surface area (Å²) in [4.78, 5) is 78.3. The molecule has 2 amide bonds. The van der Waals surface area contributed by atoms with E-state index in [0.29, 0.717) is 11.3 Å². The van der Waals surface area contributed by atoms with Crippen LogP contribution in [0, 0.1) is 0 Å². The minimum absolute atomic E-state index is 0.125.